The lowest BCUT2D eigenvalue weighted by Gasteiger charge is -2.23. The molecule has 0 bridgehead atoms. The SMILES string of the molecule is COc1c(Cl)cc(C)cc1/C(O)=C1\C(=O)C(=O)N(Cc2ccco2)C1c1ccccn1. The number of aliphatic hydroxyl groups excluding tert-OH is 1. The Kier molecular flexibility index (Phi) is 5.52. The number of benzene rings is 1. The maximum atomic E-state index is 13.1. The number of nitrogens with zero attached hydrogens (tertiary/aromatic N) is 2. The predicted molar refractivity (Wildman–Crippen MR) is 114 cm³/mol. The molecule has 1 unspecified atom stereocenters. The molecule has 3 aromatic rings. The summed E-state index contributed by atoms with van der Waals surface area (Å²) in [4.78, 5) is 31.7. The average Bonchev–Trinajstić information content (AvgIpc) is 3.36. The molecule has 1 saturated heterocycles. The molecule has 0 spiro atoms. The highest BCUT2D eigenvalue weighted by molar-refractivity contribution is 6.46. The van der Waals surface area contributed by atoms with Gasteiger partial charge in [0.25, 0.3) is 11.7 Å². The number of methoxy groups -OCH3 is 1. The fourth-order valence-electron chi connectivity index (χ4n) is 3.72. The number of hydrogen-bond donors (Lipinski definition) is 1. The number of carbonyl (C=O) groups is 2. The van der Waals surface area contributed by atoms with E-state index in [1.54, 1.807) is 55.6 Å². The van der Waals surface area contributed by atoms with Gasteiger partial charge in [0.05, 0.1) is 41.8 Å². The smallest absolute Gasteiger partial charge is 0.296 e. The second-order valence-corrected chi connectivity index (χ2v) is 7.50. The van der Waals surface area contributed by atoms with Gasteiger partial charge in [0.2, 0.25) is 0 Å². The van der Waals surface area contributed by atoms with E-state index < -0.39 is 17.7 Å². The Bertz CT molecular complexity index is 1170. The van der Waals surface area contributed by atoms with Crippen molar-refractivity contribution in [2.45, 2.75) is 19.5 Å². The number of hydrogen-bond acceptors (Lipinski definition) is 6. The van der Waals surface area contributed by atoms with Crippen LogP contribution in [-0.2, 0) is 16.1 Å². The molecule has 2 aromatic heterocycles. The molecule has 0 aliphatic carbocycles. The van der Waals surface area contributed by atoms with E-state index in [1.165, 1.54) is 18.3 Å². The first-order valence-electron chi connectivity index (χ1n) is 9.48. The zero-order chi connectivity index (χ0) is 22.1. The number of ether oxygens (including phenoxy) is 1. The van der Waals surface area contributed by atoms with E-state index in [1.807, 2.05) is 0 Å². The quantitative estimate of drug-likeness (QED) is 0.363. The van der Waals surface area contributed by atoms with Crippen LogP contribution < -0.4 is 4.74 Å². The number of furan rings is 1. The molecule has 1 aliphatic heterocycles. The van der Waals surface area contributed by atoms with E-state index in [9.17, 15) is 14.7 Å². The van der Waals surface area contributed by atoms with Crippen LogP contribution in [0.3, 0.4) is 0 Å². The Hall–Kier alpha value is -3.58. The Labute approximate surface area is 183 Å². The van der Waals surface area contributed by atoms with Gasteiger partial charge in [-0.2, -0.15) is 0 Å². The standard InChI is InChI=1S/C23H19ClN2O5/c1-13-10-15(22(30-2)16(24)11-13)20(27)18-19(17-7-3-4-8-25-17)26(23(29)21(18)28)12-14-6-5-9-31-14/h3-11,19,27H,12H2,1-2H3/b20-18+. The highest BCUT2D eigenvalue weighted by atomic mass is 35.5. The van der Waals surface area contributed by atoms with Gasteiger partial charge in [-0.05, 0) is 48.9 Å². The number of halogens is 1. The van der Waals surface area contributed by atoms with Gasteiger partial charge in [0.15, 0.2) is 0 Å². The van der Waals surface area contributed by atoms with Crippen molar-refractivity contribution in [2.75, 3.05) is 7.11 Å². The lowest BCUT2D eigenvalue weighted by atomic mass is 9.97. The zero-order valence-corrected chi connectivity index (χ0v) is 17.6. The van der Waals surface area contributed by atoms with Crippen LogP contribution in [0, 0.1) is 6.92 Å². The van der Waals surface area contributed by atoms with Crippen molar-refractivity contribution in [2.24, 2.45) is 0 Å². The molecule has 7 nitrogen and oxygen atoms in total. The summed E-state index contributed by atoms with van der Waals surface area (Å²) in [6.07, 6.45) is 3.05. The van der Waals surface area contributed by atoms with Gasteiger partial charge in [0, 0.05) is 6.20 Å². The number of Topliss-reactive ketones (excluding diaryl/α,β-unsaturated/α-hetero) is 1. The first kappa shape index (κ1) is 20.7. The first-order valence-corrected chi connectivity index (χ1v) is 9.86. The second kappa shape index (κ2) is 8.28. The molecular formula is C23H19ClN2O5. The lowest BCUT2D eigenvalue weighted by molar-refractivity contribution is -0.140. The lowest BCUT2D eigenvalue weighted by Crippen LogP contribution is -2.29. The van der Waals surface area contributed by atoms with Crippen LogP contribution in [0.2, 0.25) is 5.02 Å². The number of rotatable bonds is 5. The number of aliphatic hydroxyl groups is 1. The number of amides is 1. The number of aromatic nitrogens is 1. The summed E-state index contributed by atoms with van der Waals surface area (Å²) in [5, 5.41) is 11.5. The van der Waals surface area contributed by atoms with Gasteiger partial charge in [-0.3, -0.25) is 14.6 Å². The monoisotopic (exact) mass is 438 g/mol. The zero-order valence-electron chi connectivity index (χ0n) is 16.8. The molecule has 1 amide bonds. The van der Waals surface area contributed by atoms with E-state index in [2.05, 4.69) is 4.98 Å². The van der Waals surface area contributed by atoms with Gasteiger partial charge in [-0.1, -0.05) is 17.7 Å². The van der Waals surface area contributed by atoms with E-state index in [0.29, 0.717) is 11.5 Å². The Morgan fingerprint density at radius 1 is 1.26 bits per heavy atom. The summed E-state index contributed by atoms with van der Waals surface area (Å²) in [5.74, 6) is -1.25. The van der Waals surface area contributed by atoms with Gasteiger partial charge in [0.1, 0.15) is 23.3 Å². The fourth-order valence-corrected chi connectivity index (χ4v) is 4.07. The largest absolute Gasteiger partial charge is 0.507 e. The summed E-state index contributed by atoms with van der Waals surface area (Å²) >= 11 is 6.28. The van der Waals surface area contributed by atoms with Crippen molar-refractivity contribution in [3.8, 4) is 5.75 Å². The number of carbonyl (C=O) groups excluding carboxylic acids is 2. The maximum Gasteiger partial charge on any atom is 0.296 e. The molecule has 8 heteroatoms. The van der Waals surface area contributed by atoms with E-state index in [0.717, 1.165) is 5.56 Å². The van der Waals surface area contributed by atoms with Crippen LogP contribution in [0.15, 0.2) is 64.9 Å². The Morgan fingerprint density at radius 3 is 2.71 bits per heavy atom. The number of aryl methyl sites for hydroxylation is 1. The fraction of sp³-hybridized carbons (Fsp3) is 0.174. The molecule has 1 N–H and O–H groups in total. The minimum Gasteiger partial charge on any atom is -0.507 e. The normalized spacial score (nSPS) is 17.9. The van der Waals surface area contributed by atoms with Gasteiger partial charge in [-0.15, -0.1) is 0 Å². The third-order valence-corrected chi connectivity index (χ3v) is 5.34. The second-order valence-electron chi connectivity index (χ2n) is 7.09. The van der Waals surface area contributed by atoms with Crippen LogP contribution in [-0.4, -0.2) is 33.8 Å². The van der Waals surface area contributed by atoms with Crippen molar-refractivity contribution in [1.29, 1.82) is 0 Å². The number of ketones is 1. The van der Waals surface area contributed by atoms with Crippen LogP contribution in [0.5, 0.6) is 5.75 Å². The van der Waals surface area contributed by atoms with Crippen molar-refractivity contribution >= 4 is 29.1 Å². The topological polar surface area (TPSA) is 92.9 Å². The molecule has 3 heterocycles. The van der Waals surface area contributed by atoms with Gasteiger partial charge < -0.3 is 19.2 Å². The van der Waals surface area contributed by atoms with Crippen molar-refractivity contribution < 1.29 is 23.8 Å². The van der Waals surface area contributed by atoms with E-state index in [4.69, 9.17) is 20.8 Å². The summed E-state index contributed by atoms with van der Waals surface area (Å²) < 4.78 is 10.7. The molecule has 1 aromatic carbocycles. The minimum atomic E-state index is -0.907. The molecule has 1 atom stereocenters. The Balaban J connectivity index is 1.93. The summed E-state index contributed by atoms with van der Waals surface area (Å²) in [6.45, 7) is 1.84. The van der Waals surface area contributed by atoms with E-state index >= 15 is 0 Å². The number of likely N-dealkylation sites (tertiary alicyclic amines) is 1. The molecule has 4 rings (SSSR count). The molecule has 1 fully saturated rings. The maximum absolute atomic E-state index is 13.1. The van der Waals surface area contributed by atoms with Crippen LogP contribution in [0.4, 0.5) is 0 Å². The van der Waals surface area contributed by atoms with Gasteiger partial charge >= 0.3 is 0 Å². The first-order chi connectivity index (χ1) is 14.9. The molecule has 0 radical (unpaired) electrons. The minimum absolute atomic E-state index is 0.0430. The summed E-state index contributed by atoms with van der Waals surface area (Å²) in [7, 11) is 1.42. The molecule has 0 saturated carbocycles. The molecular weight excluding hydrogens is 420 g/mol. The number of pyridine rings is 1. The summed E-state index contributed by atoms with van der Waals surface area (Å²) in [6, 6.07) is 11.0. The average molecular weight is 439 g/mol. The third-order valence-electron chi connectivity index (χ3n) is 5.06. The Morgan fingerprint density at radius 2 is 2.06 bits per heavy atom. The van der Waals surface area contributed by atoms with Crippen molar-refractivity contribution in [3.05, 3.63) is 88.1 Å². The van der Waals surface area contributed by atoms with Crippen LogP contribution >= 0.6 is 11.6 Å². The van der Waals surface area contributed by atoms with Gasteiger partial charge in [-0.25, -0.2) is 0 Å². The van der Waals surface area contributed by atoms with E-state index in [-0.39, 0.29) is 34.2 Å². The molecule has 1 aliphatic rings. The highest BCUT2D eigenvalue weighted by Gasteiger charge is 2.47. The van der Waals surface area contributed by atoms with Crippen LogP contribution in [0.25, 0.3) is 5.76 Å². The van der Waals surface area contributed by atoms with Crippen molar-refractivity contribution in [3.63, 3.8) is 0 Å². The third kappa shape index (κ3) is 3.68. The molecule has 158 valence electrons. The molecule has 31 heavy (non-hydrogen) atoms. The van der Waals surface area contributed by atoms with Crippen molar-refractivity contribution in [1.82, 2.24) is 9.88 Å². The predicted octanol–water partition coefficient (Wildman–Crippen LogP) is 4.27. The summed E-state index contributed by atoms with van der Waals surface area (Å²) in [5.41, 5.74) is 1.33. The van der Waals surface area contributed by atoms with Crippen LogP contribution in [0.1, 0.15) is 28.6 Å². The highest BCUT2D eigenvalue weighted by Crippen LogP contribution is 2.42.